The van der Waals surface area contributed by atoms with E-state index in [1.54, 1.807) is 6.92 Å². The first kappa shape index (κ1) is 16.1. The van der Waals surface area contributed by atoms with E-state index in [1.807, 2.05) is 0 Å². The number of fused-ring (bicyclic) bond motifs is 5. The molecule has 23 heavy (non-hydrogen) atoms. The molecule has 2 heteroatoms. The highest BCUT2D eigenvalue weighted by molar-refractivity contribution is 5.79. The Morgan fingerprint density at radius 1 is 0.957 bits per heavy atom. The van der Waals surface area contributed by atoms with Gasteiger partial charge in [-0.15, -0.1) is 0 Å². The molecule has 130 valence electrons. The van der Waals surface area contributed by atoms with Crippen molar-refractivity contribution in [1.82, 2.24) is 0 Å². The molecule has 2 nitrogen and oxygen atoms in total. The molecule has 8 atom stereocenters. The van der Waals surface area contributed by atoms with Crippen molar-refractivity contribution in [3.8, 4) is 0 Å². The predicted molar refractivity (Wildman–Crippen MR) is 91.9 cm³/mol. The Balaban J connectivity index is 1.68. The maximum absolute atomic E-state index is 12.2. The fourth-order valence-corrected chi connectivity index (χ4v) is 7.92. The van der Waals surface area contributed by atoms with Crippen molar-refractivity contribution < 1.29 is 9.90 Å². The smallest absolute Gasteiger partial charge is 0.133 e. The van der Waals surface area contributed by atoms with Crippen molar-refractivity contribution in [2.75, 3.05) is 0 Å². The third-order valence-electron chi connectivity index (χ3n) is 9.09. The first-order valence-corrected chi connectivity index (χ1v) is 10.1. The van der Waals surface area contributed by atoms with Crippen LogP contribution in [0.2, 0.25) is 0 Å². The van der Waals surface area contributed by atoms with E-state index in [9.17, 15) is 9.90 Å². The molecule has 4 rings (SSSR count). The molecule has 0 heterocycles. The summed E-state index contributed by atoms with van der Waals surface area (Å²) >= 11 is 0. The van der Waals surface area contributed by atoms with Crippen LogP contribution in [0.25, 0.3) is 0 Å². The monoisotopic (exact) mass is 318 g/mol. The van der Waals surface area contributed by atoms with Gasteiger partial charge in [-0.05, 0) is 86.4 Å². The van der Waals surface area contributed by atoms with Crippen molar-refractivity contribution in [2.24, 2.45) is 40.4 Å². The van der Waals surface area contributed by atoms with E-state index in [1.165, 1.54) is 44.9 Å². The Bertz CT molecular complexity index is 500. The lowest BCUT2D eigenvalue weighted by atomic mass is 9.44. The molecule has 0 saturated heterocycles. The Hall–Kier alpha value is -0.370. The second-order valence-corrected chi connectivity index (χ2v) is 9.83. The van der Waals surface area contributed by atoms with E-state index >= 15 is 0 Å². The van der Waals surface area contributed by atoms with Crippen molar-refractivity contribution >= 4 is 5.78 Å². The van der Waals surface area contributed by atoms with Crippen LogP contribution in [0.3, 0.4) is 0 Å². The fraction of sp³-hybridized carbons (Fsp3) is 0.952. The van der Waals surface area contributed by atoms with Crippen LogP contribution < -0.4 is 0 Å². The molecule has 4 aliphatic rings. The summed E-state index contributed by atoms with van der Waals surface area (Å²) in [7, 11) is 0. The van der Waals surface area contributed by atoms with Crippen LogP contribution in [-0.4, -0.2) is 17.0 Å². The Kier molecular flexibility index (Phi) is 3.72. The molecule has 0 amide bonds. The lowest BCUT2D eigenvalue weighted by Gasteiger charge is -2.61. The second-order valence-electron chi connectivity index (χ2n) is 9.83. The summed E-state index contributed by atoms with van der Waals surface area (Å²) in [6, 6.07) is 0. The van der Waals surface area contributed by atoms with Crippen molar-refractivity contribution in [2.45, 2.75) is 84.7 Å². The quantitative estimate of drug-likeness (QED) is 0.767. The first-order chi connectivity index (χ1) is 10.9. The number of hydrogen-bond donors (Lipinski definition) is 1. The third-order valence-corrected chi connectivity index (χ3v) is 9.09. The molecule has 0 aromatic rings. The highest BCUT2D eigenvalue weighted by atomic mass is 16.3. The van der Waals surface area contributed by atoms with Gasteiger partial charge >= 0.3 is 0 Å². The third kappa shape index (κ3) is 2.12. The number of aliphatic hydroxyl groups is 1. The van der Waals surface area contributed by atoms with Crippen LogP contribution >= 0.6 is 0 Å². The van der Waals surface area contributed by atoms with E-state index in [-0.39, 0.29) is 17.4 Å². The lowest BCUT2D eigenvalue weighted by molar-refractivity contribution is -0.164. The molecule has 0 aromatic heterocycles. The maximum atomic E-state index is 12.2. The molecule has 4 fully saturated rings. The minimum absolute atomic E-state index is 0.119. The number of carbonyl (C=O) groups is 1. The summed E-state index contributed by atoms with van der Waals surface area (Å²) < 4.78 is 0. The maximum Gasteiger partial charge on any atom is 0.133 e. The van der Waals surface area contributed by atoms with Crippen LogP contribution in [0.1, 0.15) is 78.6 Å². The molecule has 4 saturated carbocycles. The number of aliphatic hydroxyl groups excluding tert-OH is 1. The summed E-state index contributed by atoms with van der Waals surface area (Å²) in [5.74, 6) is 3.10. The van der Waals surface area contributed by atoms with Gasteiger partial charge in [0.05, 0.1) is 6.10 Å². The average Bonchev–Trinajstić information content (AvgIpc) is 2.85. The largest absolute Gasteiger partial charge is 0.393 e. The molecule has 0 bridgehead atoms. The van der Waals surface area contributed by atoms with Gasteiger partial charge in [-0.1, -0.05) is 26.7 Å². The van der Waals surface area contributed by atoms with Crippen LogP contribution in [0.4, 0.5) is 0 Å². The van der Waals surface area contributed by atoms with Crippen LogP contribution in [0, 0.1) is 40.4 Å². The molecular formula is C21H34O2. The summed E-state index contributed by atoms with van der Waals surface area (Å²) in [6.45, 7) is 6.70. The zero-order valence-corrected chi connectivity index (χ0v) is 15.2. The summed E-state index contributed by atoms with van der Waals surface area (Å²) in [5, 5.41) is 11.1. The van der Waals surface area contributed by atoms with Gasteiger partial charge in [-0.2, -0.15) is 0 Å². The number of carbonyl (C=O) groups excluding carboxylic acids is 1. The van der Waals surface area contributed by atoms with Gasteiger partial charge in [-0.25, -0.2) is 0 Å². The Labute approximate surface area is 141 Å². The van der Waals surface area contributed by atoms with Gasteiger partial charge in [0.25, 0.3) is 0 Å². The molecule has 0 aromatic carbocycles. The number of ketones is 1. The van der Waals surface area contributed by atoms with E-state index < -0.39 is 0 Å². The highest BCUT2D eigenvalue weighted by Gasteiger charge is 2.62. The van der Waals surface area contributed by atoms with Gasteiger partial charge in [0, 0.05) is 5.92 Å². The van der Waals surface area contributed by atoms with Crippen molar-refractivity contribution in [3.63, 3.8) is 0 Å². The topological polar surface area (TPSA) is 37.3 Å². The molecule has 1 N–H and O–H groups in total. The zero-order chi connectivity index (χ0) is 16.4. The SMILES string of the molecule is CC(=O)[C@H]1CC[C@H]2[C@@H]3[C@H](O)C[C@H]4CCCC[C@]4(C)[C@H]3CC[C@]12C. The van der Waals surface area contributed by atoms with E-state index in [0.29, 0.717) is 29.0 Å². The standard InChI is InChI=1S/C21H34O2/c1-13(22)15-7-8-16-19-17(9-11-21(15,16)3)20(2)10-5-4-6-14(20)12-18(19)23/h14-19,23H,4-12H2,1-3H3/t14-,15-,16+,17+,18-,19+,20+,21-/m1/s1. The number of rotatable bonds is 1. The minimum atomic E-state index is -0.119. The van der Waals surface area contributed by atoms with Gasteiger partial charge < -0.3 is 5.11 Å². The highest BCUT2D eigenvalue weighted by Crippen LogP contribution is 2.67. The van der Waals surface area contributed by atoms with Crippen LogP contribution in [0.15, 0.2) is 0 Å². The Morgan fingerprint density at radius 3 is 2.43 bits per heavy atom. The van der Waals surface area contributed by atoms with E-state index in [4.69, 9.17) is 0 Å². The normalized spacial score (nSPS) is 55.7. The second kappa shape index (κ2) is 5.31. The Morgan fingerprint density at radius 2 is 1.70 bits per heavy atom. The summed E-state index contributed by atoms with van der Waals surface area (Å²) in [4.78, 5) is 12.2. The van der Waals surface area contributed by atoms with Crippen LogP contribution in [-0.2, 0) is 4.79 Å². The van der Waals surface area contributed by atoms with Gasteiger partial charge in [0.15, 0.2) is 0 Å². The zero-order valence-electron chi connectivity index (χ0n) is 15.2. The molecule has 4 aliphatic carbocycles. The number of hydrogen-bond acceptors (Lipinski definition) is 2. The number of Topliss-reactive ketones (excluding diaryl/α,β-unsaturated/α-hetero) is 1. The molecular weight excluding hydrogens is 284 g/mol. The van der Waals surface area contributed by atoms with Crippen molar-refractivity contribution in [1.29, 1.82) is 0 Å². The fourth-order valence-electron chi connectivity index (χ4n) is 7.92. The molecule has 0 spiro atoms. The van der Waals surface area contributed by atoms with Gasteiger partial charge in [0.1, 0.15) is 5.78 Å². The summed E-state index contributed by atoms with van der Waals surface area (Å²) in [6.07, 6.45) is 11.0. The lowest BCUT2D eigenvalue weighted by Crippen LogP contribution is -2.57. The predicted octanol–water partition coefficient (Wildman–Crippen LogP) is 4.60. The average molecular weight is 319 g/mol. The van der Waals surface area contributed by atoms with Gasteiger partial charge in [-0.3, -0.25) is 4.79 Å². The van der Waals surface area contributed by atoms with Gasteiger partial charge in [0.2, 0.25) is 0 Å². The van der Waals surface area contributed by atoms with Crippen molar-refractivity contribution in [3.05, 3.63) is 0 Å². The minimum Gasteiger partial charge on any atom is -0.393 e. The van der Waals surface area contributed by atoms with E-state index in [2.05, 4.69) is 13.8 Å². The summed E-state index contributed by atoms with van der Waals surface area (Å²) in [5.41, 5.74) is 0.615. The first-order valence-electron chi connectivity index (χ1n) is 10.1. The van der Waals surface area contributed by atoms with E-state index in [0.717, 1.165) is 18.8 Å². The molecule has 0 unspecified atom stereocenters. The van der Waals surface area contributed by atoms with Crippen LogP contribution in [0.5, 0.6) is 0 Å². The molecule has 0 aliphatic heterocycles. The molecule has 0 radical (unpaired) electrons.